The van der Waals surface area contributed by atoms with E-state index in [9.17, 15) is 28.0 Å². The zero-order valence-electron chi connectivity index (χ0n) is 19.6. The minimum atomic E-state index is -3.29. The first-order chi connectivity index (χ1) is 17.0. The van der Waals surface area contributed by atoms with Gasteiger partial charge in [-0.25, -0.2) is 19.1 Å². The highest BCUT2D eigenvalue weighted by molar-refractivity contribution is 5.98. The molecule has 0 bridgehead atoms. The third-order valence-corrected chi connectivity index (χ3v) is 5.01. The average Bonchev–Trinajstić information content (AvgIpc) is 2.85. The standard InChI is InChI=1S/C24H25F2N5O5/c1-14(32)28-18-12-8-16(9-13-18)5-4-15-6-10-17(11-7-15)20(33)29-19(21(34)31-36)24(2,22(25)26)30-23(35)27-3/h6-13,19,22,36H,1-3H3,(H,28,32)(H,29,33)(H,31,34)(H2,27,30,35)/t19-,24?/m1/s1. The van der Waals surface area contributed by atoms with Gasteiger partial charge in [0.15, 0.2) is 0 Å². The van der Waals surface area contributed by atoms with Gasteiger partial charge in [0.1, 0.15) is 11.6 Å². The van der Waals surface area contributed by atoms with Gasteiger partial charge in [-0.15, -0.1) is 0 Å². The van der Waals surface area contributed by atoms with E-state index in [1.54, 1.807) is 24.3 Å². The summed E-state index contributed by atoms with van der Waals surface area (Å²) in [6, 6.07) is 9.58. The molecule has 0 fully saturated rings. The maximum Gasteiger partial charge on any atom is 0.315 e. The van der Waals surface area contributed by atoms with Crippen molar-refractivity contribution in [1.29, 1.82) is 0 Å². The molecule has 2 atom stereocenters. The van der Waals surface area contributed by atoms with Crippen molar-refractivity contribution in [2.45, 2.75) is 31.9 Å². The molecule has 2 aromatic rings. The topological polar surface area (TPSA) is 149 Å². The van der Waals surface area contributed by atoms with Gasteiger partial charge in [0.2, 0.25) is 5.91 Å². The molecule has 0 saturated heterocycles. The molecule has 5 amide bonds. The molecule has 2 aromatic carbocycles. The van der Waals surface area contributed by atoms with Crippen LogP contribution in [0.2, 0.25) is 0 Å². The van der Waals surface area contributed by atoms with Crippen LogP contribution in [0.4, 0.5) is 19.3 Å². The van der Waals surface area contributed by atoms with E-state index in [0.717, 1.165) is 6.92 Å². The molecule has 0 aliphatic rings. The number of carbonyl (C=O) groups excluding carboxylic acids is 4. The van der Waals surface area contributed by atoms with Crippen molar-refractivity contribution in [2.24, 2.45) is 0 Å². The molecule has 2 rings (SSSR count). The first-order valence-corrected chi connectivity index (χ1v) is 10.5. The third-order valence-electron chi connectivity index (χ3n) is 5.01. The Labute approximate surface area is 205 Å². The molecule has 0 radical (unpaired) electrons. The Morgan fingerprint density at radius 2 is 1.47 bits per heavy atom. The summed E-state index contributed by atoms with van der Waals surface area (Å²) in [5, 5.41) is 17.8. The maximum absolute atomic E-state index is 13.8. The molecule has 190 valence electrons. The fourth-order valence-corrected chi connectivity index (χ4v) is 3.02. The van der Waals surface area contributed by atoms with Crippen molar-refractivity contribution >= 4 is 29.4 Å². The number of hydrogen-bond donors (Lipinski definition) is 6. The number of amides is 5. The van der Waals surface area contributed by atoms with Crippen LogP contribution >= 0.6 is 0 Å². The first-order valence-electron chi connectivity index (χ1n) is 10.5. The van der Waals surface area contributed by atoms with Crippen LogP contribution in [0.1, 0.15) is 35.3 Å². The number of halogens is 2. The number of hydroxylamine groups is 1. The minimum Gasteiger partial charge on any atom is -0.341 e. The Balaban J connectivity index is 2.19. The molecule has 1 unspecified atom stereocenters. The number of carbonyl (C=O) groups is 4. The van der Waals surface area contributed by atoms with Gasteiger partial charge in [-0.3, -0.25) is 19.6 Å². The van der Waals surface area contributed by atoms with E-state index < -0.39 is 35.9 Å². The number of nitrogens with one attached hydrogen (secondary N) is 5. The molecule has 12 heteroatoms. The highest BCUT2D eigenvalue weighted by Gasteiger charge is 2.48. The van der Waals surface area contributed by atoms with Gasteiger partial charge in [0.25, 0.3) is 18.2 Å². The summed E-state index contributed by atoms with van der Waals surface area (Å²) in [5.41, 5.74) is 0.550. The van der Waals surface area contributed by atoms with Gasteiger partial charge < -0.3 is 21.3 Å². The Hall–Kier alpha value is -4.50. The predicted molar refractivity (Wildman–Crippen MR) is 126 cm³/mol. The van der Waals surface area contributed by atoms with Crippen LogP contribution in [0.3, 0.4) is 0 Å². The van der Waals surface area contributed by atoms with Gasteiger partial charge in [-0.2, -0.15) is 0 Å². The largest absolute Gasteiger partial charge is 0.341 e. The summed E-state index contributed by atoms with van der Waals surface area (Å²) in [4.78, 5) is 47.6. The lowest BCUT2D eigenvalue weighted by molar-refractivity contribution is -0.135. The quantitative estimate of drug-likeness (QED) is 0.194. The lowest BCUT2D eigenvalue weighted by atomic mass is 9.91. The Morgan fingerprint density at radius 3 is 1.92 bits per heavy atom. The number of urea groups is 1. The third kappa shape index (κ3) is 7.25. The molecule has 0 aromatic heterocycles. The van der Waals surface area contributed by atoms with Crippen molar-refractivity contribution in [3.05, 3.63) is 65.2 Å². The maximum atomic E-state index is 13.8. The first kappa shape index (κ1) is 27.7. The van der Waals surface area contributed by atoms with E-state index in [2.05, 4.69) is 27.8 Å². The second-order valence-corrected chi connectivity index (χ2v) is 7.76. The second kappa shape index (κ2) is 12.3. The molecule has 6 N–H and O–H groups in total. The summed E-state index contributed by atoms with van der Waals surface area (Å²) in [6.07, 6.45) is -3.29. The second-order valence-electron chi connectivity index (χ2n) is 7.76. The number of benzene rings is 2. The molecule has 0 aliphatic carbocycles. The molecule has 0 saturated carbocycles. The molecular weight excluding hydrogens is 476 g/mol. The van der Waals surface area contributed by atoms with E-state index in [0.29, 0.717) is 16.8 Å². The molecular formula is C24H25F2N5O5. The normalized spacial score (nSPS) is 12.8. The van der Waals surface area contributed by atoms with Gasteiger partial charge in [0, 0.05) is 36.3 Å². The van der Waals surface area contributed by atoms with Crippen molar-refractivity contribution in [2.75, 3.05) is 12.4 Å². The zero-order valence-corrected chi connectivity index (χ0v) is 19.6. The lowest BCUT2D eigenvalue weighted by Crippen LogP contribution is -2.69. The summed E-state index contributed by atoms with van der Waals surface area (Å²) in [6.45, 7) is 2.26. The molecule has 0 aliphatic heterocycles. The summed E-state index contributed by atoms with van der Waals surface area (Å²) >= 11 is 0. The Morgan fingerprint density at radius 1 is 0.944 bits per heavy atom. The van der Waals surface area contributed by atoms with E-state index in [1.807, 2.05) is 5.32 Å². The van der Waals surface area contributed by atoms with Crippen LogP contribution in [0.25, 0.3) is 0 Å². The minimum absolute atomic E-state index is 0.0208. The molecule has 36 heavy (non-hydrogen) atoms. The highest BCUT2D eigenvalue weighted by atomic mass is 19.3. The van der Waals surface area contributed by atoms with Crippen LogP contribution < -0.4 is 26.7 Å². The highest BCUT2D eigenvalue weighted by Crippen LogP contribution is 2.21. The van der Waals surface area contributed by atoms with Crippen LogP contribution in [-0.2, 0) is 9.59 Å². The van der Waals surface area contributed by atoms with Crippen LogP contribution in [-0.4, -0.2) is 54.0 Å². The average molecular weight is 501 g/mol. The van der Waals surface area contributed by atoms with Crippen molar-refractivity contribution in [1.82, 2.24) is 21.4 Å². The summed E-state index contributed by atoms with van der Waals surface area (Å²) < 4.78 is 27.7. The Kier molecular flexibility index (Phi) is 9.46. The van der Waals surface area contributed by atoms with Crippen molar-refractivity contribution < 1.29 is 33.2 Å². The van der Waals surface area contributed by atoms with Crippen LogP contribution in [0.5, 0.6) is 0 Å². The van der Waals surface area contributed by atoms with Gasteiger partial charge in [0.05, 0.1) is 0 Å². The Bertz CT molecular complexity index is 1180. The number of hydrogen-bond acceptors (Lipinski definition) is 5. The number of anilines is 1. The number of alkyl halides is 2. The van der Waals surface area contributed by atoms with Gasteiger partial charge in [-0.1, -0.05) is 11.8 Å². The smallest absolute Gasteiger partial charge is 0.315 e. The zero-order chi connectivity index (χ0) is 26.9. The summed E-state index contributed by atoms with van der Waals surface area (Å²) in [7, 11) is 1.19. The van der Waals surface area contributed by atoms with E-state index in [-0.39, 0.29) is 11.5 Å². The fourth-order valence-electron chi connectivity index (χ4n) is 3.02. The predicted octanol–water partition coefficient (Wildman–Crippen LogP) is 1.60. The van der Waals surface area contributed by atoms with E-state index in [1.165, 1.54) is 43.7 Å². The van der Waals surface area contributed by atoms with Gasteiger partial charge in [-0.05, 0) is 55.5 Å². The molecule has 0 heterocycles. The number of rotatable bonds is 7. The van der Waals surface area contributed by atoms with Crippen LogP contribution in [0, 0.1) is 11.8 Å². The monoisotopic (exact) mass is 501 g/mol. The molecule has 10 nitrogen and oxygen atoms in total. The fraction of sp³-hybridized carbons (Fsp3) is 0.250. The van der Waals surface area contributed by atoms with E-state index in [4.69, 9.17) is 5.21 Å². The molecule has 0 spiro atoms. The van der Waals surface area contributed by atoms with Crippen LogP contribution in [0.15, 0.2) is 48.5 Å². The lowest BCUT2D eigenvalue weighted by Gasteiger charge is -2.36. The van der Waals surface area contributed by atoms with Crippen molar-refractivity contribution in [3.63, 3.8) is 0 Å². The summed E-state index contributed by atoms with van der Waals surface area (Å²) in [5.74, 6) is 3.39. The van der Waals surface area contributed by atoms with E-state index >= 15 is 0 Å². The SMILES string of the molecule is CNC(=O)NC(C)(C(F)F)[C@H](NC(=O)c1ccc(C#Cc2ccc(NC(C)=O)cc2)cc1)C(=O)NO. The van der Waals surface area contributed by atoms with Gasteiger partial charge >= 0.3 is 6.03 Å². The van der Waals surface area contributed by atoms with Crippen molar-refractivity contribution in [3.8, 4) is 11.8 Å².